The summed E-state index contributed by atoms with van der Waals surface area (Å²) < 4.78 is 5.35. The average Bonchev–Trinajstić information content (AvgIpc) is 3.08. The molecular weight excluding hydrogens is 216 g/mol. The maximum atomic E-state index is 5.35. The van der Waals surface area contributed by atoms with Crippen LogP contribution in [0.25, 0.3) is 0 Å². The summed E-state index contributed by atoms with van der Waals surface area (Å²) >= 11 is 0. The normalized spacial score (nSPS) is 23.7. The molecule has 2 aliphatic rings. The molecule has 1 aliphatic heterocycles. The van der Waals surface area contributed by atoms with E-state index in [1.807, 2.05) is 6.20 Å². The fourth-order valence-electron chi connectivity index (χ4n) is 2.24. The maximum absolute atomic E-state index is 5.35. The summed E-state index contributed by atoms with van der Waals surface area (Å²) in [5.74, 6) is 2.03. The van der Waals surface area contributed by atoms with Gasteiger partial charge in [0.2, 0.25) is 11.8 Å². The van der Waals surface area contributed by atoms with Gasteiger partial charge in [-0.25, -0.2) is 4.98 Å². The molecule has 5 heteroatoms. The van der Waals surface area contributed by atoms with Crippen molar-refractivity contribution in [3.05, 3.63) is 11.8 Å². The van der Waals surface area contributed by atoms with Crippen LogP contribution in [-0.2, 0) is 0 Å². The van der Waals surface area contributed by atoms with E-state index in [9.17, 15) is 0 Å². The number of hydrogen-bond donors (Lipinski definition) is 2. The number of hydrogen-bond acceptors (Lipinski definition) is 5. The van der Waals surface area contributed by atoms with E-state index in [1.165, 1.54) is 12.8 Å². The van der Waals surface area contributed by atoms with Gasteiger partial charge >= 0.3 is 0 Å². The lowest BCUT2D eigenvalue weighted by atomic mass is 10.2. The Labute approximate surface area is 101 Å². The highest BCUT2D eigenvalue weighted by atomic mass is 16.5. The second-order valence-electron chi connectivity index (χ2n) is 4.77. The molecule has 0 bridgehead atoms. The molecule has 1 aromatic heterocycles. The second-order valence-corrected chi connectivity index (χ2v) is 4.77. The Morgan fingerprint density at radius 2 is 2.29 bits per heavy atom. The third kappa shape index (κ3) is 2.34. The first-order valence-corrected chi connectivity index (χ1v) is 6.25. The second kappa shape index (κ2) is 4.49. The summed E-state index contributed by atoms with van der Waals surface area (Å²) in [7, 11) is 1.68. The summed E-state index contributed by atoms with van der Waals surface area (Å²) in [4.78, 5) is 8.83. The zero-order valence-corrected chi connectivity index (χ0v) is 10.1. The number of methoxy groups -OCH3 is 1. The molecule has 0 unspecified atom stereocenters. The molecule has 1 saturated heterocycles. The number of ether oxygens (including phenoxy) is 1. The van der Waals surface area contributed by atoms with Crippen molar-refractivity contribution in [2.75, 3.05) is 25.5 Å². The van der Waals surface area contributed by atoms with E-state index in [0.29, 0.717) is 17.9 Å². The van der Waals surface area contributed by atoms with Gasteiger partial charge in [-0.15, -0.1) is 0 Å². The fourth-order valence-corrected chi connectivity index (χ4v) is 2.24. The van der Waals surface area contributed by atoms with E-state index in [-0.39, 0.29) is 0 Å². The van der Waals surface area contributed by atoms with Gasteiger partial charge < -0.3 is 15.4 Å². The molecule has 0 aromatic carbocycles. The number of rotatable bonds is 4. The minimum atomic E-state index is 0.437. The lowest BCUT2D eigenvalue weighted by molar-refractivity contribution is 0.392. The summed E-state index contributed by atoms with van der Waals surface area (Å²) in [6, 6.07) is 0.437. The molecule has 0 spiro atoms. The van der Waals surface area contributed by atoms with Crippen molar-refractivity contribution in [3.8, 4) is 5.88 Å². The van der Waals surface area contributed by atoms with Gasteiger partial charge in [-0.2, -0.15) is 4.98 Å². The molecular formula is C12H18N4O. The molecule has 1 aliphatic carbocycles. The van der Waals surface area contributed by atoms with Crippen LogP contribution in [0.3, 0.4) is 0 Å². The minimum absolute atomic E-state index is 0.437. The Morgan fingerprint density at radius 1 is 1.41 bits per heavy atom. The number of nitrogens with one attached hydrogen (secondary N) is 2. The third-order valence-corrected chi connectivity index (χ3v) is 3.38. The molecule has 92 valence electrons. The number of aromatic nitrogens is 2. The molecule has 0 radical (unpaired) electrons. The van der Waals surface area contributed by atoms with E-state index < -0.39 is 0 Å². The molecule has 17 heavy (non-hydrogen) atoms. The molecule has 1 aromatic rings. The van der Waals surface area contributed by atoms with Crippen LogP contribution >= 0.6 is 0 Å². The van der Waals surface area contributed by atoms with Crippen molar-refractivity contribution >= 4 is 5.95 Å². The van der Waals surface area contributed by atoms with E-state index in [1.54, 1.807) is 7.11 Å². The monoisotopic (exact) mass is 234 g/mol. The van der Waals surface area contributed by atoms with Gasteiger partial charge in [0.15, 0.2) is 0 Å². The van der Waals surface area contributed by atoms with Gasteiger partial charge in [0.1, 0.15) is 0 Å². The molecule has 2 fully saturated rings. The maximum Gasteiger partial charge on any atom is 0.226 e. The minimum Gasteiger partial charge on any atom is -0.481 e. The predicted molar refractivity (Wildman–Crippen MR) is 65.5 cm³/mol. The Bertz CT molecular complexity index is 399. The lowest BCUT2D eigenvalue weighted by Crippen LogP contribution is -2.23. The topological polar surface area (TPSA) is 59.1 Å². The highest BCUT2D eigenvalue weighted by Crippen LogP contribution is 2.43. The van der Waals surface area contributed by atoms with Crippen LogP contribution in [0.5, 0.6) is 5.88 Å². The molecule has 1 saturated carbocycles. The van der Waals surface area contributed by atoms with Gasteiger partial charge in [-0.1, -0.05) is 0 Å². The summed E-state index contributed by atoms with van der Waals surface area (Å²) in [5, 5.41) is 6.65. The number of nitrogens with zero attached hydrogens (tertiary/aromatic N) is 2. The SMILES string of the molecule is COc1nc(N[C@@H]2CCNC2)ncc1C1CC1. The summed E-state index contributed by atoms with van der Waals surface area (Å²) in [5.41, 5.74) is 1.16. The van der Waals surface area contributed by atoms with Crippen molar-refractivity contribution in [1.29, 1.82) is 0 Å². The Hall–Kier alpha value is -1.36. The molecule has 1 atom stereocenters. The van der Waals surface area contributed by atoms with Crippen LogP contribution < -0.4 is 15.4 Å². The molecule has 2 heterocycles. The van der Waals surface area contributed by atoms with Crippen molar-refractivity contribution in [3.63, 3.8) is 0 Å². The van der Waals surface area contributed by atoms with E-state index in [2.05, 4.69) is 20.6 Å². The Kier molecular flexibility index (Phi) is 2.84. The predicted octanol–water partition coefficient (Wildman–Crippen LogP) is 1.14. The zero-order valence-electron chi connectivity index (χ0n) is 10.1. The van der Waals surface area contributed by atoms with Crippen molar-refractivity contribution in [2.24, 2.45) is 0 Å². The van der Waals surface area contributed by atoms with Crippen LogP contribution in [0, 0.1) is 0 Å². The Balaban J connectivity index is 1.75. The quantitative estimate of drug-likeness (QED) is 0.818. The van der Waals surface area contributed by atoms with Gasteiger partial charge in [-0.3, -0.25) is 0 Å². The molecule has 5 nitrogen and oxygen atoms in total. The highest BCUT2D eigenvalue weighted by molar-refractivity contribution is 5.38. The smallest absolute Gasteiger partial charge is 0.226 e. The van der Waals surface area contributed by atoms with Gasteiger partial charge in [0, 0.05) is 24.3 Å². The van der Waals surface area contributed by atoms with Gasteiger partial charge in [0.05, 0.1) is 7.11 Å². The largest absolute Gasteiger partial charge is 0.481 e. The van der Waals surface area contributed by atoms with Crippen LogP contribution in [-0.4, -0.2) is 36.2 Å². The van der Waals surface area contributed by atoms with E-state index in [4.69, 9.17) is 4.74 Å². The zero-order chi connectivity index (χ0) is 11.7. The van der Waals surface area contributed by atoms with Crippen LogP contribution in [0.15, 0.2) is 6.20 Å². The van der Waals surface area contributed by atoms with Crippen LogP contribution in [0.1, 0.15) is 30.7 Å². The van der Waals surface area contributed by atoms with Crippen molar-refractivity contribution < 1.29 is 4.74 Å². The van der Waals surface area contributed by atoms with Crippen molar-refractivity contribution in [1.82, 2.24) is 15.3 Å². The highest BCUT2D eigenvalue weighted by Gasteiger charge is 2.28. The fraction of sp³-hybridized carbons (Fsp3) is 0.667. The van der Waals surface area contributed by atoms with Crippen molar-refractivity contribution in [2.45, 2.75) is 31.2 Å². The number of anilines is 1. The first kappa shape index (κ1) is 10.8. The first-order valence-electron chi connectivity index (χ1n) is 6.25. The molecule has 0 amide bonds. The van der Waals surface area contributed by atoms with Crippen LogP contribution in [0.4, 0.5) is 5.95 Å². The Morgan fingerprint density at radius 3 is 2.94 bits per heavy atom. The van der Waals surface area contributed by atoms with Crippen LogP contribution in [0.2, 0.25) is 0 Å². The summed E-state index contributed by atoms with van der Waals surface area (Å²) in [6.45, 7) is 2.05. The average molecular weight is 234 g/mol. The van der Waals surface area contributed by atoms with E-state index in [0.717, 1.165) is 31.0 Å². The van der Waals surface area contributed by atoms with Gasteiger partial charge in [-0.05, 0) is 31.7 Å². The lowest BCUT2D eigenvalue weighted by Gasteiger charge is -2.13. The molecule has 3 rings (SSSR count). The summed E-state index contributed by atoms with van der Waals surface area (Å²) in [6.07, 6.45) is 5.50. The first-order chi connectivity index (χ1) is 8.36. The van der Waals surface area contributed by atoms with Gasteiger partial charge in [0.25, 0.3) is 0 Å². The standard InChI is InChI=1S/C12H18N4O/c1-17-11-10(8-2-3-8)7-14-12(16-11)15-9-4-5-13-6-9/h7-9,13H,2-6H2,1H3,(H,14,15,16)/t9-/m1/s1. The van der Waals surface area contributed by atoms with E-state index >= 15 is 0 Å². The molecule has 2 N–H and O–H groups in total. The third-order valence-electron chi connectivity index (χ3n) is 3.38.